The minimum Gasteiger partial charge on any atom is -0.497 e. The first-order valence-electron chi connectivity index (χ1n) is 9.73. The summed E-state index contributed by atoms with van der Waals surface area (Å²) in [6, 6.07) is 24.0. The van der Waals surface area contributed by atoms with Crippen molar-refractivity contribution in [3.05, 3.63) is 78.9 Å². The van der Waals surface area contributed by atoms with Gasteiger partial charge in [-0.1, -0.05) is 30.0 Å². The molecule has 162 valence electrons. The molecule has 0 bridgehead atoms. The van der Waals surface area contributed by atoms with E-state index in [9.17, 15) is 4.79 Å². The molecule has 1 heterocycles. The fraction of sp³-hybridized carbons (Fsp3) is 0.0870. The van der Waals surface area contributed by atoms with E-state index in [1.54, 1.807) is 31.4 Å². The highest BCUT2D eigenvalue weighted by Gasteiger charge is 2.14. The second kappa shape index (κ2) is 9.88. The van der Waals surface area contributed by atoms with Gasteiger partial charge in [-0.05, 0) is 60.7 Å². The number of aromatic nitrogens is 3. The van der Waals surface area contributed by atoms with Crippen LogP contribution < -0.4 is 20.6 Å². The Labute approximate surface area is 189 Å². The van der Waals surface area contributed by atoms with Crippen LogP contribution in [0, 0.1) is 0 Å². The van der Waals surface area contributed by atoms with Gasteiger partial charge >= 0.3 is 0 Å². The lowest BCUT2D eigenvalue weighted by molar-refractivity contribution is -0.113. The number of hydrogen-bond donors (Lipinski definition) is 2. The molecule has 3 aromatic carbocycles. The molecule has 0 saturated heterocycles. The van der Waals surface area contributed by atoms with Crippen LogP contribution in [0.1, 0.15) is 0 Å². The number of thioether (sulfide) groups is 1. The van der Waals surface area contributed by atoms with Crippen LogP contribution in [0.5, 0.6) is 17.2 Å². The summed E-state index contributed by atoms with van der Waals surface area (Å²) in [7, 11) is 1.60. The van der Waals surface area contributed by atoms with Crippen molar-refractivity contribution in [3.8, 4) is 28.6 Å². The van der Waals surface area contributed by atoms with Crippen LogP contribution in [-0.2, 0) is 4.79 Å². The van der Waals surface area contributed by atoms with Crippen LogP contribution in [0.2, 0.25) is 0 Å². The van der Waals surface area contributed by atoms with Crippen molar-refractivity contribution in [1.82, 2.24) is 14.9 Å². The predicted molar refractivity (Wildman–Crippen MR) is 124 cm³/mol. The van der Waals surface area contributed by atoms with E-state index in [4.69, 9.17) is 15.3 Å². The van der Waals surface area contributed by atoms with Crippen molar-refractivity contribution >= 4 is 23.4 Å². The van der Waals surface area contributed by atoms with Gasteiger partial charge in [-0.2, -0.15) is 0 Å². The molecule has 3 N–H and O–H groups in total. The van der Waals surface area contributed by atoms with Gasteiger partial charge < -0.3 is 20.6 Å². The topological polar surface area (TPSA) is 104 Å². The van der Waals surface area contributed by atoms with Crippen LogP contribution in [0.3, 0.4) is 0 Å². The Bertz CT molecular complexity index is 1180. The third kappa shape index (κ3) is 5.19. The summed E-state index contributed by atoms with van der Waals surface area (Å²) in [5.41, 5.74) is 1.47. The highest BCUT2D eigenvalue weighted by Crippen LogP contribution is 2.25. The molecule has 0 atom stereocenters. The van der Waals surface area contributed by atoms with Crippen LogP contribution in [0.25, 0.3) is 11.4 Å². The maximum absolute atomic E-state index is 12.3. The number of carbonyl (C=O) groups is 1. The first-order valence-corrected chi connectivity index (χ1v) is 10.7. The average molecular weight is 448 g/mol. The number of carbonyl (C=O) groups excluding carboxylic acids is 1. The molecule has 0 fully saturated rings. The smallest absolute Gasteiger partial charge is 0.234 e. The molecule has 0 aliphatic heterocycles. The van der Waals surface area contributed by atoms with Gasteiger partial charge in [0, 0.05) is 11.3 Å². The highest BCUT2D eigenvalue weighted by atomic mass is 32.2. The molecule has 8 nitrogen and oxygen atoms in total. The fourth-order valence-corrected chi connectivity index (χ4v) is 3.53. The molecule has 0 aliphatic rings. The lowest BCUT2D eigenvalue weighted by Gasteiger charge is -2.08. The lowest BCUT2D eigenvalue weighted by Crippen LogP contribution is -2.16. The first kappa shape index (κ1) is 21.3. The maximum Gasteiger partial charge on any atom is 0.234 e. The summed E-state index contributed by atoms with van der Waals surface area (Å²) in [4.78, 5) is 12.3. The molecule has 0 spiro atoms. The third-order valence-electron chi connectivity index (χ3n) is 4.46. The van der Waals surface area contributed by atoms with Gasteiger partial charge in [0.15, 0.2) is 5.82 Å². The number of benzene rings is 3. The second-order valence-electron chi connectivity index (χ2n) is 6.68. The van der Waals surface area contributed by atoms with Crippen molar-refractivity contribution in [2.75, 3.05) is 24.0 Å². The summed E-state index contributed by atoms with van der Waals surface area (Å²) >= 11 is 1.21. The molecule has 0 radical (unpaired) electrons. The molecule has 0 saturated carbocycles. The number of nitrogens with two attached hydrogens (primary N) is 1. The van der Waals surface area contributed by atoms with E-state index in [-0.39, 0.29) is 11.7 Å². The summed E-state index contributed by atoms with van der Waals surface area (Å²) < 4.78 is 12.3. The molecular weight excluding hydrogens is 426 g/mol. The molecule has 32 heavy (non-hydrogen) atoms. The van der Waals surface area contributed by atoms with Crippen molar-refractivity contribution in [1.29, 1.82) is 0 Å². The van der Waals surface area contributed by atoms with Crippen molar-refractivity contribution in [2.45, 2.75) is 5.16 Å². The number of nitrogens with zero attached hydrogens (tertiary/aromatic N) is 3. The van der Waals surface area contributed by atoms with E-state index in [2.05, 4.69) is 15.5 Å². The first-order chi connectivity index (χ1) is 15.6. The quantitative estimate of drug-likeness (QED) is 0.308. The van der Waals surface area contributed by atoms with Gasteiger partial charge in [0.1, 0.15) is 17.2 Å². The Morgan fingerprint density at radius 2 is 1.59 bits per heavy atom. The number of rotatable bonds is 8. The molecule has 9 heteroatoms. The molecule has 4 rings (SSSR count). The largest absolute Gasteiger partial charge is 0.497 e. The summed E-state index contributed by atoms with van der Waals surface area (Å²) in [5, 5.41) is 11.5. The van der Waals surface area contributed by atoms with Crippen LogP contribution in [0.4, 0.5) is 5.69 Å². The van der Waals surface area contributed by atoms with Crippen molar-refractivity contribution < 1.29 is 14.3 Å². The van der Waals surface area contributed by atoms with Crippen LogP contribution in [-0.4, -0.2) is 33.6 Å². The SMILES string of the molecule is COc1ccc(-c2nnc(SCC(=O)Nc3ccc(Oc4ccccc4)cc3)n2N)cc1. The highest BCUT2D eigenvalue weighted by molar-refractivity contribution is 7.99. The minimum absolute atomic E-state index is 0.139. The standard InChI is InChI=1S/C23H21N5O3S/c1-30-18-11-7-16(8-12-18)22-26-27-23(28(22)24)32-15-21(29)25-17-9-13-20(14-10-17)31-19-5-3-2-4-6-19/h2-14H,15,24H2,1H3,(H,25,29). The molecule has 0 aliphatic carbocycles. The Morgan fingerprint density at radius 3 is 2.28 bits per heavy atom. The average Bonchev–Trinajstić information content (AvgIpc) is 3.20. The molecule has 1 amide bonds. The fourth-order valence-electron chi connectivity index (χ4n) is 2.87. The monoisotopic (exact) mass is 447 g/mol. The third-order valence-corrected chi connectivity index (χ3v) is 5.41. The van der Waals surface area contributed by atoms with Gasteiger partial charge in [0.2, 0.25) is 11.1 Å². The Hall–Kier alpha value is -3.98. The number of anilines is 1. The van der Waals surface area contributed by atoms with Crippen molar-refractivity contribution in [3.63, 3.8) is 0 Å². The lowest BCUT2D eigenvalue weighted by atomic mass is 10.2. The van der Waals surface area contributed by atoms with E-state index in [1.165, 1.54) is 16.4 Å². The zero-order valence-corrected chi connectivity index (χ0v) is 18.1. The van der Waals surface area contributed by atoms with E-state index < -0.39 is 0 Å². The van der Waals surface area contributed by atoms with Gasteiger partial charge in [0.25, 0.3) is 0 Å². The van der Waals surface area contributed by atoms with E-state index in [0.717, 1.165) is 17.1 Å². The molecular formula is C23H21N5O3S. The zero-order valence-electron chi connectivity index (χ0n) is 17.3. The number of nitrogen functional groups attached to an aromatic ring is 1. The van der Waals surface area contributed by atoms with E-state index in [0.29, 0.717) is 22.4 Å². The number of hydrogen-bond acceptors (Lipinski definition) is 7. The van der Waals surface area contributed by atoms with Crippen LogP contribution in [0.15, 0.2) is 84.0 Å². The second-order valence-corrected chi connectivity index (χ2v) is 7.62. The summed E-state index contributed by atoms with van der Waals surface area (Å²) in [6.45, 7) is 0. The van der Waals surface area contributed by atoms with Crippen LogP contribution >= 0.6 is 11.8 Å². The summed E-state index contributed by atoms with van der Waals surface area (Å²) in [6.07, 6.45) is 0. The van der Waals surface area contributed by atoms with E-state index >= 15 is 0 Å². The Balaban J connectivity index is 1.31. The van der Waals surface area contributed by atoms with E-state index in [1.807, 2.05) is 54.6 Å². The Kier molecular flexibility index (Phi) is 6.57. The minimum atomic E-state index is -0.180. The normalized spacial score (nSPS) is 10.5. The predicted octanol–water partition coefficient (Wildman–Crippen LogP) is 4.19. The molecule has 0 unspecified atom stereocenters. The molecule has 4 aromatic rings. The number of nitrogens with one attached hydrogen (secondary N) is 1. The number of para-hydroxylation sites is 1. The zero-order chi connectivity index (χ0) is 22.3. The molecule has 1 aromatic heterocycles. The van der Waals surface area contributed by atoms with Gasteiger partial charge in [-0.15, -0.1) is 10.2 Å². The van der Waals surface area contributed by atoms with Gasteiger partial charge in [-0.3, -0.25) is 4.79 Å². The number of methoxy groups -OCH3 is 1. The maximum atomic E-state index is 12.3. The number of amides is 1. The number of ether oxygens (including phenoxy) is 2. The van der Waals surface area contributed by atoms with Gasteiger partial charge in [0.05, 0.1) is 12.9 Å². The Morgan fingerprint density at radius 1 is 0.938 bits per heavy atom. The van der Waals surface area contributed by atoms with Gasteiger partial charge in [-0.25, -0.2) is 4.68 Å². The van der Waals surface area contributed by atoms with Crippen molar-refractivity contribution in [2.24, 2.45) is 0 Å². The summed E-state index contributed by atoms with van der Waals surface area (Å²) in [5.74, 6) is 8.76.